The molecule has 1 N–H and O–H groups in total. The van der Waals surface area contributed by atoms with Crippen LogP contribution in [0.1, 0.15) is 65.0 Å². The molecule has 4 heterocycles. The summed E-state index contributed by atoms with van der Waals surface area (Å²) in [7, 11) is 3.05. The highest BCUT2D eigenvalue weighted by Crippen LogP contribution is 2.67. The number of imide groups is 1. The number of anilines is 4. The predicted octanol–water partition coefficient (Wildman–Crippen LogP) is 6.57. The molecule has 280 valence electrons. The number of amides is 2. The first-order valence-corrected chi connectivity index (χ1v) is 17.7. The van der Waals surface area contributed by atoms with Gasteiger partial charge in [0.1, 0.15) is 17.0 Å². The zero-order valence-electron chi connectivity index (χ0n) is 30.9. The van der Waals surface area contributed by atoms with Crippen LogP contribution in [0.4, 0.5) is 32.9 Å². The van der Waals surface area contributed by atoms with Crippen LogP contribution in [-0.4, -0.2) is 89.6 Å². The Hall–Kier alpha value is -5.15. The van der Waals surface area contributed by atoms with Crippen LogP contribution in [0, 0.1) is 0 Å². The Bertz CT molecular complexity index is 2140. The van der Waals surface area contributed by atoms with Gasteiger partial charge in [0.2, 0.25) is 11.9 Å². The smallest absolute Gasteiger partial charge is 0.435 e. The monoisotopic (exact) mass is 747 g/mol. The first kappa shape index (κ1) is 36.2. The van der Waals surface area contributed by atoms with Crippen LogP contribution in [0.15, 0.2) is 36.4 Å². The minimum atomic E-state index is -1.05. The summed E-state index contributed by atoms with van der Waals surface area (Å²) in [5, 5.41) is 8.44. The highest BCUT2D eigenvalue weighted by atomic mass is 35.5. The molecule has 2 atom stereocenters. The first-order valence-electron chi connectivity index (χ1n) is 17.3. The van der Waals surface area contributed by atoms with Crippen LogP contribution in [0.2, 0.25) is 5.15 Å². The number of morpholine rings is 1. The van der Waals surface area contributed by atoms with E-state index in [9.17, 15) is 14.4 Å². The zero-order chi connectivity index (χ0) is 38.0. The Balaban J connectivity index is 1.29. The van der Waals surface area contributed by atoms with Gasteiger partial charge in [-0.3, -0.25) is 4.79 Å². The number of fused-ring (bicyclic) bond motifs is 3. The van der Waals surface area contributed by atoms with Crippen molar-refractivity contribution in [3.8, 4) is 11.5 Å². The quantitative estimate of drug-likeness (QED) is 0.211. The molecule has 1 spiro atoms. The largest absolute Gasteiger partial charge is 0.497 e. The molecule has 15 nitrogen and oxygen atoms in total. The predicted molar refractivity (Wildman–Crippen MR) is 197 cm³/mol. The van der Waals surface area contributed by atoms with Crippen molar-refractivity contribution < 1.29 is 38.1 Å². The van der Waals surface area contributed by atoms with E-state index in [0.29, 0.717) is 72.2 Å². The highest BCUT2D eigenvalue weighted by Gasteiger charge is 2.68. The van der Waals surface area contributed by atoms with E-state index in [1.807, 2.05) is 23.1 Å². The maximum Gasteiger partial charge on any atom is 0.435 e. The fourth-order valence-electron chi connectivity index (χ4n) is 6.93. The third-order valence-electron chi connectivity index (χ3n) is 9.27. The Morgan fingerprint density at radius 3 is 2.30 bits per heavy atom. The van der Waals surface area contributed by atoms with Gasteiger partial charge < -0.3 is 33.9 Å². The molecule has 7 rings (SSSR count). The molecule has 2 aromatic carbocycles. The van der Waals surface area contributed by atoms with Crippen molar-refractivity contribution in [3.63, 3.8) is 0 Å². The number of hydrogen-bond donors (Lipinski definition) is 1. The van der Waals surface area contributed by atoms with E-state index < -0.39 is 28.8 Å². The molecule has 2 aromatic heterocycles. The zero-order valence-corrected chi connectivity index (χ0v) is 31.7. The number of aromatic nitrogens is 4. The summed E-state index contributed by atoms with van der Waals surface area (Å²) in [5.41, 5.74) is -0.360. The lowest BCUT2D eigenvalue weighted by atomic mass is 9.91. The van der Waals surface area contributed by atoms with Crippen molar-refractivity contribution >= 4 is 63.9 Å². The molecule has 0 unspecified atom stereocenters. The van der Waals surface area contributed by atoms with E-state index in [2.05, 4.69) is 15.4 Å². The molecule has 1 saturated heterocycles. The number of ether oxygens (including phenoxy) is 5. The summed E-state index contributed by atoms with van der Waals surface area (Å²) in [5.74, 6) is 1.08. The van der Waals surface area contributed by atoms with Crippen molar-refractivity contribution in [2.75, 3.05) is 55.6 Å². The summed E-state index contributed by atoms with van der Waals surface area (Å²) >= 11 is 6.57. The summed E-state index contributed by atoms with van der Waals surface area (Å²) in [6.45, 7) is 12.8. The van der Waals surface area contributed by atoms with Gasteiger partial charge >= 0.3 is 12.2 Å². The topological polar surface area (TPSA) is 159 Å². The number of nitrogens with one attached hydrogen (secondary N) is 1. The van der Waals surface area contributed by atoms with E-state index in [1.54, 1.807) is 66.9 Å². The Morgan fingerprint density at radius 2 is 1.64 bits per heavy atom. The summed E-state index contributed by atoms with van der Waals surface area (Å²) in [6, 6.07) is 10.7. The van der Waals surface area contributed by atoms with Crippen LogP contribution in [0.3, 0.4) is 0 Å². The molecule has 0 bridgehead atoms. The molecule has 16 heteroatoms. The minimum Gasteiger partial charge on any atom is -0.497 e. The van der Waals surface area contributed by atoms with Crippen LogP contribution in [0.25, 0.3) is 10.9 Å². The van der Waals surface area contributed by atoms with Gasteiger partial charge in [-0.1, -0.05) is 17.7 Å². The van der Waals surface area contributed by atoms with Gasteiger partial charge in [0.25, 0.3) is 0 Å². The molecular weight excluding hydrogens is 706 g/mol. The molecule has 2 amide bonds. The number of carbonyl (C=O) groups excluding carboxylic acids is 3. The SMILES string of the molecule is COc1ccc2c(c1)[C@]1(C[C@H]1c1ccc3c(Nc4nc(Cl)c(OC)c(N5CCOCC5)n4)nn(C(=O)OC(C)(C)C)c3c1)C(=O)N2C(=O)OC(C)(C)C. The third-order valence-corrected chi connectivity index (χ3v) is 9.53. The van der Waals surface area contributed by atoms with Gasteiger partial charge in [-0.05, 0) is 89.4 Å². The van der Waals surface area contributed by atoms with Crippen LogP contribution in [-0.2, 0) is 24.4 Å². The van der Waals surface area contributed by atoms with Crippen LogP contribution < -0.4 is 24.6 Å². The van der Waals surface area contributed by atoms with E-state index in [-0.39, 0.29) is 28.7 Å². The fourth-order valence-corrected chi connectivity index (χ4v) is 7.17. The first-order chi connectivity index (χ1) is 25.0. The number of halogens is 1. The molecule has 0 radical (unpaired) electrons. The second-order valence-electron chi connectivity index (χ2n) is 15.2. The lowest BCUT2D eigenvalue weighted by Gasteiger charge is -2.29. The van der Waals surface area contributed by atoms with E-state index in [0.717, 1.165) is 10.5 Å². The van der Waals surface area contributed by atoms with Gasteiger partial charge in [-0.2, -0.15) is 14.6 Å². The van der Waals surface area contributed by atoms with Crippen molar-refractivity contribution in [1.29, 1.82) is 0 Å². The highest BCUT2D eigenvalue weighted by molar-refractivity contribution is 6.31. The molecule has 1 aliphatic carbocycles. The van der Waals surface area contributed by atoms with Crippen molar-refractivity contribution in [1.82, 2.24) is 19.7 Å². The fraction of sp³-hybridized carbons (Fsp3) is 0.459. The van der Waals surface area contributed by atoms with Crippen molar-refractivity contribution in [2.24, 2.45) is 0 Å². The summed E-state index contributed by atoms with van der Waals surface area (Å²) in [4.78, 5) is 53.6. The maximum atomic E-state index is 14.3. The molecule has 53 heavy (non-hydrogen) atoms. The molecule has 4 aromatic rings. The van der Waals surface area contributed by atoms with E-state index in [1.165, 1.54) is 11.8 Å². The van der Waals surface area contributed by atoms with E-state index in [4.69, 9.17) is 40.3 Å². The number of rotatable bonds is 6. The number of nitrogens with zero attached hydrogens (tertiary/aromatic N) is 6. The Kier molecular flexibility index (Phi) is 8.92. The molecule has 3 aliphatic rings. The van der Waals surface area contributed by atoms with Crippen LogP contribution >= 0.6 is 11.6 Å². The number of benzene rings is 2. The average molecular weight is 748 g/mol. The van der Waals surface area contributed by atoms with Crippen LogP contribution in [0.5, 0.6) is 11.5 Å². The summed E-state index contributed by atoms with van der Waals surface area (Å²) in [6.07, 6.45) is -1.03. The van der Waals surface area contributed by atoms with Gasteiger partial charge in [0.05, 0.1) is 44.1 Å². The third kappa shape index (κ3) is 6.56. The second-order valence-corrected chi connectivity index (χ2v) is 15.5. The maximum absolute atomic E-state index is 14.3. The molecule has 2 aliphatic heterocycles. The van der Waals surface area contributed by atoms with Gasteiger partial charge in [-0.25, -0.2) is 14.5 Å². The van der Waals surface area contributed by atoms with Gasteiger partial charge in [-0.15, -0.1) is 5.10 Å². The second kappa shape index (κ2) is 13.1. The van der Waals surface area contributed by atoms with E-state index >= 15 is 0 Å². The average Bonchev–Trinajstić information content (AvgIpc) is 3.68. The minimum absolute atomic E-state index is 0.0993. The number of carbonyl (C=O) groups is 3. The number of methoxy groups -OCH3 is 2. The van der Waals surface area contributed by atoms with Crippen molar-refractivity contribution in [3.05, 3.63) is 52.7 Å². The summed E-state index contributed by atoms with van der Waals surface area (Å²) < 4.78 is 29.1. The standard InChI is InChI=1S/C37H42ClN7O8/c1-35(2,3)52-33(47)44-25-12-10-21(49-7)18-23(25)37(31(44)46)19-24(37)20-9-11-22-26(17-20)45(34(48)53-36(4,5)6)42-29(22)40-32-39-28(38)27(50-8)30(41-32)43-13-15-51-16-14-43/h9-12,17-18,24H,13-16,19H2,1-8H3,(H,39,40,41,42)/t24-,37-/m0/s1. The lowest BCUT2D eigenvalue weighted by molar-refractivity contribution is -0.120. The Labute approximate surface area is 311 Å². The normalized spacial score (nSPS) is 19.7. The molecular formula is C37H42ClN7O8. The number of hydrogen-bond acceptors (Lipinski definition) is 13. The molecule has 1 saturated carbocycles. The van der Waals surface area contributed by atoms with Gasteiger partial charge in [0, 0.05) is 24.4 Å². The lowest BCUT2D eigenvalue weighted by Crippen LogP contribution is -2.41. The Morgan fingerprint density at radius 1 is 0.943 bits per heavy atom. The van der Waals surface area contributed by atoms with Crippen molar-refractivity contribution in [2.45, 2.75) is 70.5 Å². The van der Waals surface area contributed by atoms with Gasteiger partial charge in [0.15, 0.2) is 22.5 Å². The molecule has 2 fully saturated rings.